The van der Waals surface area contributed by atoms with E-state index in [-0.39, 0.29) is 0 Å². The molecule has 0 unspecified atom stereocenters. The lowest BCUT2D eigenvalue weighted by molar-refractivity contribution is 2.06. The van der Waals surface area contributed by atoms with Gasteiger partial charge in [0.05, 0.1) is 0 Å². The second kappa shape index (κ2) is 6.14. The lowest BCUT2D eigenvalue weighted by Gasteiger charge is -1.93. The van der Waals surface area contributed by atoms with E-state index in [1.807, 2.05) is 13.1 Å². The van der Waals surface area contributed by atoms with E-state index in [0.717, 1.165) is 0 Å². The topological polar surface area (TPSA) is 0 Å². The van der Waals surface area contributed by atoms with E-state index in [1.165, 1.54) is 0 Å². The minimum absolute atomic E-state index is 0.417. The molecule has 0 aromatic rings. The van der Waals surface area contributed by atoms with Crippen LogP contribution in [0, 0.1) is 0 Å². The minimum Gasteiger partial charge on any atom is -0.146 e. The fourth-order valence-electron chi connectivity index (χ4n) is 0. The van der Waals surface area contributed by atoms with E-state index in [9.17, 15) is 0 Å². The normalized spacial score (nSPS) is 9.75. The first-order valence-electron chi connectivity index (χ1n) is 2.79. The Bertz CT molecular complexity index is 35.8. The van der Waals surface area contributed by atoms with Crippen LogP contribution in [0.15, 0.2) is 0 Å². The molecule has 8 heavy (non-hydrogen) atoms. The SMILES string of the molecule is C[SiH2]C.C[Si](C)(Cl)Cl. The number of hydrogen-bond acceptors (Lipinski definition) is 0. The van der Waals surface area contributed by atoms with Gasteiger partial charge in [-0.05, 0) is 13.1 Å². The molecule has 0 aliphatic carbocycles. The van der Waals surface area contributed by atoms with Crippen molar-refractivity contribution in [2.75, 3.05) is 0 Å². The highest BCUT2D eigenvalue weighted by Crippen LogP contribution is 2.10. The molecule has 0 bridgehead atoms. The first kappa shape index (κ1) is 11.8. The van der Waals surface area contributed by atoms with Crippen LogP contribution >= 0.6 is 22.2 Å². The lowest BCUT2D eigenvalue weighted by Crippen LogP contribution is -2.02. The lowest BCUT2D eigenvalue weighted by atomic mass is 11.9. The molecular weight excluding hydrogens is 175 g/mol. The molecule has 4 heteroatoms. The zero-order valence-electron chi connectivity index (χ0n) is 5.96. The Morgan fingerprint density at radius 2 is 1.12 bits per heavy atom. The molecule has 52 valence electrons. The van der Waals surface area contributed by atoms with Gasteiger partial charge in [-0.1, -0.05) is 13.1 Å². The van der Waals surface area contributed by atoms with E-state index in [1.54, 1.807) is 0 Å². The summed E-state index contributed by atoms with van der Waals surface area (Å²) < 4.78 is 0. The second-order valence-electron chi connectivity index (χ2n) is 2.03. The van der Waals surface area contributed by atoms with Gasteiger partial charge >= 0.3 is 0 Å². The molecule has 0 spiro atoms. The summed E-state index contributed by atoms with van der Waals surface area (Å²) in [6.45, 7) is 6.58. The van der Waals surface area contributed by atoms with Crippen LogP contribution in [0.4, 0.5) is 0 Å². The molecule has 0 N–H and O–H groups in total. The van der Waals surface area contributed by atoms with Crippen molar-refractivity contribution in [1.82, 2.24) is 0 Å². The van der Waals surface area contributed by atoms with Crippen LogP contribution in [0.2, 0.25) is 26.2 Å². The summed E-state index contributed by atoms with van der Waals surface area (Å²) in [5.41, 5.74) is 0. The molecule has 0 amide bonds. The molecule has 0 aromatic heterocycles. The molecule has 0 aliphatic heterocycles. The van der Waals surface area contributed by atoms with Gasteiger partial charge < -0.3 is 0 Å². The predicted octanol–water partition coefficient (Wildman–Crippen LogP) is 2.42. The van der Waals surface area contributed by atoms with Gasteiger partial charge in [0.1, 0.15) is 0 Å². The third-order valence-corrected chi connectivity index (χ3v) is 0. The highest BCUT2D eigenvalue weighted by atomic mass is 35.7. The summed E-state index contributed by atoms with van der Waals surface area (Å²) in [6, 6.07) is 0. The van der Waals surface area contributed by atoms with E-state index in [2.05, 4.69) is 13.1 Å². The van der Waals surface area contributed by atoms with Crippen molar-refractivity contribution in [2.24, 2.45) is 0 Å². The first-order chi connectivity index (χ1) is 3.41. The Morgan fingerprint density at radius 1 is 1.12 bits per heavy atom. The van der Waals surface area contributed by atoms with Gasteiger partial charge in [0, 0.05) is 9.52 Å². The summed E-state index contributed by atoms with van der Waals surface area (Å²) >= 11 is 10.9. The zero-order chi connectivity index (χ0) is 7.21. The van der Waals surface area contributed by atoms with Crippen LogP contribution in [-0.4, -0.2) is 16.2 Å². The minimum atomic E-state index is -1.67. The van der Waals surface area contributed by atoms with Gasteiger partial charge in [0.25, 0.3) is 0 Å². The van der Waals surface area contributed by atoms with E-state index >= 15 is 0 Å². The smallest absolute Gasteiger partial charge is 0.146 e. The van der Waals surface area contributed by atoms with E-state index in [4.69, 9.17) is 22.2 Å². The standard InChI is InChI=1S/C2H6Cl2Si.C2H8Si/c1-5(2,3)4;1-3-2/h1-2H3;3H2,1-2H3. The molecule has 0 saturated carbocycles. The molecule has 0 atom stereocenters. The van der Waals surface area contributed by atoms with Crippen molar-refractivity contribution in [3.63, 3.8) is 0 Å². The van der Waals surface area contributed by atoms with Crippen LogP contribution in [-0.2, 0) is 0 Å². The van der Waals surface area contributed by atoms with E-state index < -0.39 is 6.69 Å². The number of hydrogen-bond donors (Lipinski definition) is 0. The maximum atomic E-state index is 5.43. The van der Waals surface area contributed by atoms with Crippen LogP contribution in [0.5, 0.6) is 0 Å². The predicted molar refractivity (Wildman–Crippen MR) is 49.5 cm³/mol. The van der Waals surface area contributed by atoms with Crippen LogP contribution in [0.1, 0.15) is 0 Å². The molecule has 0 radical (unpaired) electrons. The van der Waals surface area contributed by atoms with Gasteiger partial charge in [-0.2, -0.15) is 0 Å². The molecule has 0 fully saturated rings. The summed E-state index contributed by atoms with van der Waals surface area (Å²) in [7, 11) is 0.417. The second-order valence-corrected chi connectivity index (χ2v) is 12.4. The Kier molecular flexibility index (Phi) is 9.03. The highest BCUT2D eigenvalue weighted by molar-refractivity contribution is 7.44. The maximum absolute atomic E-state index is 5.43. The van der Waals surface area contributed by atoms with Crippen molar-refractivity contribution in [1.29, 1.82) is 0 Å². The van der Waals surface area contributed by atoms with E-state index in [0.29, 0.717) is 9.52 Å². The Balaban J connectivity index is 0. The summed E-state index contributed by atoms with van der Waals surface area (Å²) in [6.07, 6.45) is 0. The van der Waals surface area contributed by atoms with Crippen molar-refractivity contribution < 1.29 is 0 Å². The van der Waals surface area contributed by atoms with Gasteiger partial charge in [0.15, 0.2) is 0 Å². The fourth-order valence-corrected chi connectivity index (χ4v) is 0. The van der Waals surface area contributed by atoms with Gasteiger partial charge in [0.2, 0.25) is 6.69 Å². The number of rotatable bonds is 0. The molecule has 0 aromatic carbocycles. The molecule has 0 aliphatic rings. The summed E-state index contributed by atoms with van der Waals surface area (Å²) in [5.74, 6) is 0. The van der Waals surface area contributed by atoms with Crippen molar-refractivity contribution >= 4 is 38.4 Å². The number of halogens is 2. The Hall–Kier alpha value is 1.01. The largest absolute Gasteiger partial charge is 0.245 e. The summed E-state index contributed by atoms with van der Waals surface area (Å²) in [4.78, 5) is 0. The van der Waals surface area contributed by atoms with Gasteiger partial charge in [-0.15, -0.1) is 22.2 Å². The molecule has 0 saturated heterocycles. The first-order valence-corrected chi connectivity index (χ1v) is 10.6. The summed E-state index contributed by atoms with van der Waals surface area (Å²) in [5, 5.41) is 0. The molecular formula is C4H14Cl2Si2. The fraction of sp³-hybridized carbons (Fsp3) is 1.00. The molecule has 0 rings (SSSR count). The van der Waals surface area contributed by atoms with Gasteiger partial charge in [-0.25, -0.2) is 0 Å². The quantitative estimate of drug-likeness (QED) is 0.405. The van der Waals surface area contributed by atoms with Crippen LogP contribution in [0.25, 0.3) is 0 Å². The highest BCUT2D eigenvalue weighted by Gasteiger charge is 2.08. The molecule has 0 nitrogen and oxygen atoms in total. The third-order valence-electron chi connectivity index (χ3n) is 0. The average Bonchev–Trinajstić information content (AvgIpc) is 1.27. The average molecular weight is 189 g/mol. The monoisotopic (exact) mass is 188 g/mol. The van der Waals surface area contributed by atoms with Crippen molar-refractivity contribution in [2.45, 2.75) is 26.2 Å². The van der Waals surface area contributed by atoms with Crippen LogP contribution in [0.3, 0.4) is 0 Å². The van der Waals surface area contributed by atoms with Gasteiger partial charge in [-0.3, -0.25) is 0 Å². The zero-order valence-corrected chi connectivity index (χ0v) is 9.89. The van der Waals surface area contributed by atoms with Crippen LogP contribution < -0.4 is 0 Å². The third kappa shape index (κ3) is 247. The van der Waals surface area contributed by atoms with Crippen molar-refractivity contribution in [3.05, 3.63) is 0 Å². The maximum Gasteiger partial charge on any atom is 0.245 e. The van der Waals surface area contributed by atoms with Crippen molar-refractivity contribution in [3.8, 4) is 0 Å². The Labute approximate surface area is 64.8 Å². The Morgan fingerprint density at radius 3 is 1.12 bits per heavy atom. The molecule has 0 heterocycles.